The van der Waals surface area contributed by atoms with E-state index in [9.17, 15) is 0 Å². The molecule has 0 N–H and O–H groups in total. The number of nitrogens with zero attached hydrogens (tertiary/aromatic N) is 1. The summed E-state index contributed by atoms with van der Waals surface area (Å²) in [6, 6.07) is 8.45. The Morgan fingerprint density at radius 2 is 1.85 bits per heavy atom. The molecular formula is C17H27NOS. The van der Waals surface area contributed by atoms with Crippen LogP contribution in [0, 0.1) is 0 Å². The van der Waals surface area contributed by atoms with Crippen LogP contribution in [-0.2, 0) is 6.42 Å². The van der Waals surface area contributed by atoms with Gasteiger partial charge in [0, 0.05) is 16.7 Å². The Hall–Kier alpha value is -0.930. The predicted molar refractivity (Wildman–Crippen MR) is 91.2 cm³/mol. The first kappa shape index (κ1) is 17.1. The molecule has 1 aromatic carbocycles. The highest BCUT2D eigenvalue weighted by molar-refractivity contribution is 7.98. The Kier molecular flexibility index (Phi) is 6.63. The molecule has 2 aromatic rings. The van der Waals surface area contributed by atoms with Gasteiger partial charge in [-0.2, -0.15) is 0 Å². The Morgan fingerprint density at radius 3 is 2.50 bits per heavy atom. The van der Waals surface area contributed by atoms with Crippen LogP contribution in [0.4, 0.5) is 0 Å². The second-order valence-electron chi connectivity index (χ2n) is 5.60. The Morgan fingerprint density at radius 1 is 1.15 bits per heavy atom. The molecule has 0 atom stereocenters. The second-order valence-corrected chi connectivity index (χ2v) is 7.63. The normalized spacial score (nSPS) is 11.6. The average molecular weight is 293 g/mol. The van der Waals surface area contributed by atoms with Crippen LogP contribution >= 0.6 is 11.9 Å². The molecule has 0 saturated heterocycles. The van der Waals surface area contributed by atoms with Crippen molar-refractivity contribution in [2.75, 3.05) is 13.6 Å². The van der Waals surface area contributed by atoms with Gasteiger partial charge in [0.1, 0.15) is 5.58 Å². The maximum absolute atomic E-state index is 5.35. The van der Waals surface area contributed by atoms with Gasteiger partial charge < -0.3 is 4.42 Å². The van der Waals surface area contributed by atoms with Crippen LogP contribution in [-0.4, -0.2) is 22.6 Å². The van der Waals surface area contributed by atoms with Crippen molar-refractivity contribution in [2.24, 2.45) is 0 Å². The van der Waals surface area contributed by atoms with Crippen LogP contribution in [0.2, 0.25) is 0 Å². The van der Waals surface area contributed by atoms with Gasteiger partial charge >= 0.3 is 0 Å². The van der Waals surface area contributed by atoms with Crippen LogP contribution in [0.15, 0.2) is 34.9 Å². The number of hydrogen-bond donors (Lipinski definition) is 0. The minimum absolute atomic E-state index is 0.281. The van der Waals surface area contributed by atoms with E-state index >= 15 is 0 Å². The fourth-order valence-corrected chi connectivity index (χ4v) is 3.09. The van der Waals surface area contributed by atoms with Crippen molar-refractivity contribution in [3.8, 4) is 0 Å². The van der Waals surface area contributed by atoms with Gasteiger partial charge in [-0.3, -0.25) is 4.31 Å². The fourth-order valence-electron chi connectivity index (χ4n) is 1.97. The Labute approximate surface area is 127 Å². The highest BCUT2D eigenvalue weighted by atomic mass is 32.2. The summed E-state index contributed by atoms with van der Waals surface area (Å²) in [6.45, 7) is 11.8. The monoisotopic (exact) mass is 293 g/mol. The molecule has 0 fully saturated rings. The molecule has 0 spiro atoms. The third-order valence-electron chi connectivity index (χ3n) is 2.66. The lowest BCUT2D eigenvalue weighted by molar-refractivity contribution is 0.554. The van der Waals surface area contributed by atoms with Crippen LogP contribution in [0.1, 0.15) is 40.2 Å². The summed E-state index contributed by atoms with van der Waals surface area (Å²) < 4.78 is 7.95. The molecule has 2 nitrogen and oxygen atoms in total. The molecule has 0 unspecified atom stereocenters. The van der Waals surface area contributed by atoms with Gasteiger partial charge in [0.05, 0.1) is 6.26 Å². The van der Waals surface area contributed by atoms with Gasteiger partial charge in [-0.15, -0.1) is 0 Å². The van der Waals surface area contributed by atoms with Gasteiger partial charge in [-0.25, -0.2) is 0 Å². The van der Waals surface area contributed by atoms with E-state index in [0.29, 0.717) is 0 Å². The van der Waals surface area contributed by atoms with Crippen LogP contribution in [0.3, 0.4) is 0 Å². The van der Waals surface area contributed by atoms with Crippen LogP contribution < -0.4 is 0 Å². The van der Waals surface area contributed by atoms with Gasteiger partial charge in [-0.1, -0.05) is 31.9 Å². The van der Waals surface area contributed by atoms with E-state index < -0.39 is 0 Å². The van der Waals surface area contributed by atoms with Gasteiger partial charge in [0.15, 0.2) is 0 Å². The lowest BCUT2D eigenvalue weighted by atomic mass is 10.1. The lowest BCUT2D eigenvalue weighted by Crippen LogP contribution is -2.21. The number of likely N-dealkylation sites (N-methyl/N-ethyl adjacent to an activating group) is 1. The molecule has 1 heterocycles. The summed E-state index contributed by atoms with van der Waals surface area (Å²) in [4.78, 5) is 0. The van der Waals surface area contributed by atoms with E-state index in [-0.39, 0.29) is 4.75 Å². The number of rotatable bonds is 4. The molecule has 1 aromatic heterocycles. The third kappa shape index (κ3) is 5.59. The van der Waals surface area contributed by atoms with E-state index in [4.69, 9.17) is 4.42 Å². The molecule has 0 amide bonds. The number of furan rings is 1. The molecule has 3 heteroatoms. The molecule has 0 aliphatic carbocycles. The number of benzene rings is 1. The average Bonchev–Trinajstić information content (AvgIpc) is 2.84. The molecule has 112 valence electrons. The van der Waals surface area contributed by atoms with E-state index in [2.05, 4.69) is 50.3 Å². The Balaban J connectivity index is 0.000000956. The molecule has 0 saturated carbocycles. The minimum Gasteiger partial charge on any atom is -0.464 e. The maximum atomic E-state index is 5.35. The summed E-state index contributed by atoms with van der Waals surface area (Å²) in [5, 5.41) is 1.19. The molecule has 0 bridgehead atoms. The smallest absolute Gasteiger partial charge is 0.133 e. The zero-order valence-electron chi connectivity index (χ0n) is 13.6. The van der Waals surface area contributed by atoms with Crippen molar-refractivity contribution in [3.05, 3.63) is 36.1 Å². The minimum atomic E-state index is 0.281. The molecular weight excluding hydrogens is 266 g/mol. The van der Waals surface area contributed by atoms with Gasteiger partial charge in [0.25, 0.3) is 0 Å². The highest BCUT2D eigenvalue weighted by Crippen LogP contribution is 2.26. The maximum Gasteiger partial charge on any atom is 0.133 e. The topological polar surface area (TPSA) is 16.4 Å². The van der Waals surface area contributed by atoms with Crippen LogP contribution in [0.25, 0.3) is 11.0 Å². The zero-order valence-corrected chi connectivity index (χ0v) is 14.4. The summed E-state index contributed by atoms with van der Waals surface area (Å²) in [5.74, 6) is 0. The van der Waals surface area contributed by atoms with E-state index in [1.165, 1.54) is 10.9 Å². The summed E-state index contributed by atoms with van der Waals surface area (Å²) in [7, 11) is 2.16. The van der Waals surface area contributed by atoms with Crippen molar-refractivity contribution >= 4 is 22.9 Å². The standard InChI is InChI=1S/C15H21NOS.C2H6/c1-15(2,3)18-16(4)9-7-12-5-6-14-13(11-12)8-10-17-14;1-2/h5-6,8,10-11H,7,9H2,1-4H3;1-2H3. The SMILES string of the molecule is CC.CN(CCc1ccc2occc2c1)SC(C)(C)C. The summed E-state index contributed by atoms with van der Waals surface area (Å²) in [5.41, 5.74) is 2.33. The first-order valence-corrected chi connectivity index (χ1v) is 8.08. The van der Waals surface area contributed by atoms with E-state index in [1.54, 1.807) is 6.26 Å². The predicted octanol–water partition coefficient (Wildman–Crippen LogP) is 5.38. The molecule has 0 radical (unpaired) electrons. The van der Waals surface area contributed by atoms with Crippen LogP contribution in [0.5, 0.6) is 0 Å². The Bertz CT molecular complexity index is 513. The van der Waals surface area contributed by atoms with Crippen molar-refractivity contribution in [3.63, 3.8) is 0 Å². The van der Waals surface area contributed by atoms with Crippen molar-refractivity contribution in [1.82, 2.24) is 4.31 Å². The number of hydrogen-bond acceptors (Lipinski definition) is 3. The lowest BCUT2D eigenvalue weighted by Gasteiger charge is -2.25. The summed E-state index contributed by atoms with van der Waals surface area (Å²) in [6.07, 6.45) is 2.82. The summed E-state index contributed by atoms with van der Waals surface area (Å²) >= 11 is 1.90. The molecule has 0 aliphatic heterocycles. The number of fused-ring (bicyclic) bond motifs is 1. The fraction of sp³-hybridized carbons (Fsp3) is 0.529. The largest absolute Gasteiger partial charge is 0.464 e. The van der Waals surface area contributed by atoms with Crippen molar-refractivity contribution in [1.29, 1.82) is 0 Å². The quantitative estimate of drug-likeness (QED) is 0.704. The van der Waals surface area contributed by atoms with Gasteiger partial charge in [0.2, 0.25) is 0 Å². The first-order chi connectivity index (χ1) is 9.44. The van der Waals surface area contributed by atoms with E-state index in [0.717, 1.165) is 18.5 Å². The second kappa shape index (κ2) is 7.75. The van der Waals surface area contributed by atoms with Crippen molar-refractivity contribution in [2.45, 2.75) is 45.8 Å². The zero-order chi connectivity index (χ0) is 15.2. The molecule has 2 rings (SSSR count). The molecule has 20 heavy (non-hydrogen) atoms. The van der Waals surface area contributed by atoms with Crippen molar-refractivity contribution < 1.29 is 4.42 Å². The van der Waals surface area contributed by atoms with Gasteiger partial charge in [-0.05, 0) is 58.0 Å². The molecule has 0 aliphatic rings. The third-order valence-corrected chi connectivity index (χ3v) is 3.70. The first-order valence-electron chi connectivity index (χ1n) is 7.30. The highest BCUT2D eigenvalue weighted by Gasteiger charge is 2.14. The van der Waals surface area contributed by atoms with E-state index in [1.807, 2.05) is 31.9 Å².